The summed E-state index contributed by atoms with van der Waals surface area (Å²) in [4.78, 5) is 0. The zero-order chi connectivity index (χ0) is 12.3. The topological polar surface area (TPSA) is 18.5 Å². The molecule has 17 heavy (non-hydrogen) atoms. The van der Waals surface area contributed by atoms with Crippen LogP contribution in [0.3, 0.4) is 0 Å². The quantitative estimate of drug-likeness (QED) is 0.469. The van der Waals surface area contributed by atoms with E-state index >= 15 is 0 Å². The van der Waals surface area contributed by atoms with E-state index in [2.05, 4.69) is 6.92 Å². The highest BCUT2D eigenvalue weighted by atomic mass is 16.7. The van der Waals surface area contributed by atoms with Gasteiger partial charge in [0.25, 0.3) is 0 Å². The lowest BCUT2D eigenvalue weighted by atomic mass is 10.2. The maximum atomic E-state index is 5.79. The molecular weight excluding hydrogens is 212 g/mol. The molecule has 96 valence electrons. The highest BCUT2D eigenvalue weighted by Crippen LogP contribution is 2.19. The molecule has 1 atom stereocenters. The lowest BCUT2D eigenvalue weighted by molar-refractivity contribution is -0.144. The number of hydrogen-bond acceptors (Lipinski definition) is 2. The van der Waals surface area contributed by atoms with Crippen molar-refractivity contribution >= 4 is 0 Å². The van der Waals surface area contributed by atoms with Gasteiger partial charge in [0.2, 0.25) is 0 Å². The van der Waals surface area contributed by atoms with Gasteiger partial charge in [-0.25, -0.2) is 0 Å². The molecule has 0 fully saturated rings. The van der Waals surface area contributed by atoms with Crippen LogP contribution in [0.15, 0.2) is 30.3 Å². The van der Waals surface area contributed by atoms with Crippen molar-refractivity contribution in [2.45, 2.75) is 45.8 Å². The third kappa shape index (κ3) is 5.85. The van der Waals surface area contributed by atoms with E-state index in [4.69, 9.17) is 9.47 Å². The standard InChI is InChI=1S/C15H24O2/c1-3-5-6-10-13-17-15(16-4-2)14-11-8-7-9-12-14/h7-9,11-12,15H,3-6,10,13H2,1-2H3. The summed E-state index contributed by atoms with van der Waals surface area (Å²) in [5.41, 5.74) is 1.10. The van der Waals surface area contributed by atoms with Crippen LogP contribution < -0.4 is 0 Å². The Balaban J connectivity index is 2.33. The van der Waals surface area contributed by atoms with Crippen molar-refractivity contribution in [3.63, 3.8) is 0 Å². The van der Waals surface area contributed by atoms with E-state index < -0.39 is 0 Å². The second-order valence-corrected chi connectivity index (χ2v) is 4.13. The molecule has 0 saturated heterocycles. The minimum Gasteiger partial charge on any atom is -0.349 e. The first-order valence-corrected chi connectivity index (χ1v) is 6.66. The number of hydrogen-bond donors (Lipinski definition) is 0. The SMILES string of the molecule is CCCCCCOC(OCC)c1ccccc1. The largest absolute Gasteiger partial charge is 0.349 e. The number of unbranched alkanes of at least 4 members (excludes halogenated alkanes) is 3. The van der Waals surface area contributed by atoms with Gasteiger partial charge in [-0.2, -0.15) is 0 Å². The molecular formula is C15H24O2. The van der Waals surface area contributed by atoms with Crippen LogP contribution in [0.5, 0.6) is 0 Å². The lowest BCUT2D eigenvalue weighted by Crippen LogP contribution is -2.09. The van der Waals surface area contributed by atoms with Crippen molar-refractivity contribution in [3.05, 3.63) is 35.9 Å². The maximum absolute atomic E-state index is 5.79. The first-order valence-electron chi connectivity index (χ1n) is 6.66. The number of ether oxygens (including phenoxy) is 2. The van der Waals surface area contributed by atoms with Gasteiger partial charge in [-0.1, -0.05) is 56.5 Å². The molecule has 0 aliphatic heterocycles. The minimum atomic E-state index is -0.206. The van der Waals surface area contributed by atoms with Gasteiger partial charge in [-0.15, -0.1) is 0 Å². The first-order chi connectivity index (χ1) is 8.38. The van der Waals surface area contributed by atoms with Crippen LogP contribution in [0.4, 0.5) is 0 Å². The van der Waals surface area contributed by atoms with E-state index in [-0.39, 0.29) is 6.29 Å². The van der Waals surface area contributed by atoms with E-state index in [9.17, 15) is 0 Å². The summed E-state index contributed by atoms with van der Waals surface area (Å²) in [6.07, 6.45) is 4.69. The summed E-state index contributed by atoms with van der Waals surface area (Å²) in [5.74, 6) is 0. The summed E-state index contributed by atoms with van der Waals surface area (Å²) < 4.78 is 11.4. The maximum Gasteiger partial charge on any atom is 0.183 e. The van der Waals surface area contributed by atoms with E-state index in [1.165, 1.54) is 19.3 Å². The fraction of sp³-hybridized carbons (Fsp3) is 0.600. The molecule has 1 unspecified atom stereocenters. The molecule has 0 N–H and O–H groups in total. The Morgan fingerprint density at radius 2 is 1.71 bits per heavy atom. The molecule has 0 aromatic heterocycles. The molecule has 0 amide bonds. The number of rotatable bonds is 9. The monoisotopic (exact) mass is 236 g/mol. The molecule has 0 heterocycles. The van der Waals surface area contributed by atoms with Crippen molar-refractivity contribution in [2.24, 2.45) is 0 Å². The molecule has 0 saturated carbocycles. The summed E-state index contributed by atoms with van der Waals surface area (Å²) in [7, 11) is 0. The zero-order valence-electron chi connectivity index (χ0n) is 11.0. The average Bonchev–Trinajstić information content (AvgIpc) is 2.38. The van der Waals surface area contributed by atoms with Crippen LogP contribution in [0.1, 0.15) is 51.4 Å². The molecule has 0 bridgehead atoms. The summed E-state index contributed by atoms with van der Waals surface area (Å²) >= 11 is 0. The second kappa shape index (κ2) is 9.20. The Morgan fingerprint density at radius 1 is 0.941 bits per heavy atom. The Morgan fingerprint density at radius 3 is 2.35 bits per heavy atom. The van der Waals surface area contributed by atoms with E-state index in [0.717, 1.165) is 18.6 Å². The molecule has 0 radical (unpaired) electrons. The van der Waals surface area contributed by atoms with Gasteiger partial charge in [0.15, 0.2) is 6.29 Å². The highest BCUT2D eigenvalue weighted by Gasteiger charge is 2.10. The summed E-state index contributed by atoms with van der Waals surface area (Å²) in [6, 6.07) is 10.1. The molecule has 0 aliphatic carbocycles. The molecule has 0 spiro atoms. The number of benzene rings is 1. The van der Waals surface area contributed by atoms with Crippen molar-refractivity contribution in [2.75, 3.05) is 13.2 Å². The molecule has 2 heteroatoms. The van der Waals surface area contributed by atoms with Gasteiger partial charge in [-0.3, -0.25) is 0 Å². The van der Waals surface area contributed by atoms with Crippen molar-refractivity contribution in [3.8, 4) is 0 Å². The predicted octanol–water partition coefficient (Wildman–Crippen LogP) is 4.32. The smallest absolute Gasteiger partial charge is 0.183 e. The van der Waals surface area contributed by atoms with Gasteiger partial charge in [0.1, 0.15) is 0 Å². The Kier molecular flexibility index (Phi) is 7.69. The van der Waals surface area contributed by atoms with Crippen molar-refractivity contribution in [1.82, 2.24) is 0 Å². The second-order valence-electron chi connectivity index (χ2n) is 4.13. The van der Waals surface area contributed by atoms with Crippen LogP contribution in [-0.2, 0) is 9.47 Å². The first kappa shape index (κ1) is 14.2. The van der Waals surface area contributed by atoms with Crippen LogP contribution in [-0.4, -0.2) is 13.2 Å². The Hall–Kier alpha value is -0.860. The molecule has 0 aliphatic rings. The summed E-state index contributed by atoms with van der Waals surface area (Å²) in [5, 5.41) is 0. The van der Waals surface area contributed by atoms with Crippen LogP contribution >= 0.6 is 0 Å². The van der Waals surface area contributed by atoms with Crippen LogP contribution in [0, 0.1) is 0 Å². The molecule has 1 aromatic carbocycles. The minimum absolute atomic E-state index is 0.206. The van der Waals surface area contributed by atoms with Gasteiger partial charge >= 0.3 is 0 Å². The highest BCUT2D eigenvalue weighted by molar-refractivity contribution is 5.15. The Bertz CT molecular complexity index is 272. The van der Waals surface area contributed by atoms with E-state index in [1.54, 1.807) is 0 Å². The third-order valence-corrected chi connectivity index (χ3v) is 2.66. The molecule has 1 rings (SSSR count). The van der Waals surface area contributed by atoms with Crippen molar-refractivity contribution < 1.29 is 9.47 Å². The Labute approximate surface area is 105 Å². The van der Waals surface area contributed by atoms with Gasteiger partial charge in [0.05, 0.1) is 6.61 Å². The van der Waals surface area contributed by atoms with E-state index in [0.29, 0.717) is 6.61 Å². The van der Waals surface area contributed by atoms with Crippen molar-refractivity contribution in [1.29, 1.82) is 0 Å². The third-order valence-electron chi connectivity index (χ3n) is 2.66. The predicted molar refractivity (Wildman–Crippen MR) is 70.9 cm³/mol. The normalized spacial score (nSPS) is 12.6. The van der Waals surface area contributed by atoms with Gasteiger partial charge < -0.3 is 9.47 Å². The fourth-order valence-electron chi connectivity index (χ4n) is 1.72. The zero-order valence-corrected chi connectivity index (χ0v) is 11.0. The summed E-state index contributed by atoms with van der Waals surface area (Å²) in [6.45, 7) is 5.66. The van der Waals surface area contributed by atoms with E-state index in [1.807, 2.05) is 37.3 Å². The van der Waals surface area contributed by atoms with Crippen LogP contribution in [0.2, 0.25) is 0 Å². The average molecular weight is 236 g/mol. The molecule has 1 aromatic rings. The van der Waals surface area contributed by atoms with Crippen LogP contribution in [0.25, 0.3) is 0 Å². The van der Waals surface area contributed by atoms with Gasteiger partial charge in [-0.05, 0) is 13.3 Å². The molecule has 2 nitrogen and oxygen atoms in total. The fourth-order valence-corrected chi connectivity index (χ4v) is 1.72. The lowest BCUT2D eigenvalue weighted by Gasteiger charge is -2.18. The van der Waals surface area contributed by atoms with Gasteiger partial charge in [0, 0.05) is 12.2 Å².